The molecule has 2 aromatic heterocycles. The molecule has 0 spiro atoms. The molecule has 3 heterocycles. The largest absolute Gasteiger partial charge is 0.490 e. The number of phosphoric ester groups is 1. The summed E-state index contributed by atoms with van der Waals surface area (Å²) in [4.78, 5) is 56.3. The number of fused-ring (bicyclic) bond motifs is 1. The van der Waals surface area contributed by atoms with Gasteiger partial charge in [-0.15, -0.1) is 0 Å². The number of nitrogens with two attached hydrogens (primary N) is 1. The minimum Gasteiger partial charge on any atom is -0.387 e. The molecule has 0 radical (unpaired) electrons. The predicted octanol–water partition coefficient (Wildman–Crippen LogP) is -1.67. The van der Waals surface area contributed by atoms with E-state index < -0.39 is 60.2 Å². The predicted molar refractivity (Wildman–Crippen MR) is 106 cm³/mol. The van der Waals surface area contributed by atoms with Gasteiger partial charge in [0.05, 0.1) is 6.61 Å². The van der Waals surface area contributed by atoms with Gasteiger partial charge in [-0.3, -0.25) is 18.9 Å². The fourth-order valence-electron chi connectivity index (χ4n) is 2.82. The molecule has 1 aliphatic heterocycles. The minimum atomic E-state index is -5.75. The van der Waals surface area contributed by atoms with Crippen molar-refractivity contribution in [2.75, 3.05) is 12.3 Å². The maximum atomic E-state index is 12.0. The van der Waals surface area contributed by atoms with Crippen LogP contribution in [0.4, 0.5) is 5.95 Å². The third-order valence-electron chi connectivity index (χ3n) is 4.01. The number of anilines is 1. The van der Waals surface area contributed by atoms with E-state index in [0.29, 0.717) is 0 Å². The Morgan fingerprint density at radius 2 is 1.73 bits per heavy atom. The van der Waals surface area contributed by atoms with Crippen molar-refractivity contribution >= 4 is 52.8 Å². The summed E-state index contributed by atoms with van der Waals surface area (Å²) in [5, 5.41) is 20.6. The molecule has 33 heavy (non-hydrogen) atoms. The summed E-state index contributed by atoms with van der Waals surface area (Å²) in [7, 11) is -16.8. The molecular weight excluding hydrogens is 539 g/mol. The van der Waals surface area contributed by atoms with Gasteiger partial charge in [-0.05, 0) is 12.2 Å². The van der Waals surface area contributed by atoms with Crippen molar-refractivity contribution in [2.45, 2.75) is 24.5 Å². The number of H-pyrrole nitrogens is 2. The lowest BCUT2D eigenvalue weighted by atomic mass is 10.1. The summed E-state index contributed by atoms with van der Waals surface area (Å²) in [6.45, 7) is -1.04. The van der Waals surface area contributed by atoms with Crippen LogP contribution in [0.15, 0.2) is 4.79 Å². The molecule has 0 amide bonds. The molecule has 19 nitrogen and oxygen atoms in total. The molecule has 1 fully saturated rings. The number of nitrogens with one attached hydrogen (secondary N) is 2. The first-order valence-corrected chi connectivity index (χ1v) is 13.2. The lowest BCUT2D eigenvalue weighted by Gasteiger charge is -2.19. The molecule has 23 heteroatoms. The lowest BCUT2D eigenvalue weighted by molar-refractivity contribution is -0.0509. The first-order valence-electron chi connectivity index (χ1n) is 8.29. The third-order valence-corrected chi connectivity index (χ3v) is 8.11. The van der Waals surface area contributed by atoms with Gasteiger partial charge in [0.2, 0.25) is 5.95 Å². The second-order valence-electron chi connectivity index (χ2n) is 6.38. The molecule has 6 atom stereocenters. The summed E-state index contributed by atoms with van der Waals surface area (Å²) in [6.07, 6.45) is -6.59. The average molecular weight is 555 g/mol. The molecule has 3 rings (SSSR count). The van der Waals surface area contributed by atoms with Crippen LogP contribution in [0.25, 0.3) is 11.2 Å². The molecule has 1 saturated heterocycles. The van der Waals surface area contributed by atoms with Gasteiger partial charge in [-0.1, -0.05) is 0 Å². The number of rotatable bonds is 8. The Morgan fingerprint density at radius 3 is 2.33 bits per heavy atom. The van der Waals surface area contributed by atoms with Gasteiger partial charge in [0.1, 0.15) is 18.3 Å². The standard InChI is InChI=1S/C10H16N5O14P3S/c11-9-13-6-3(7(18)14-9)12-10(33)15(6)8-5(17)4(16)2(27-8)1-26-31(22,23)29-32(24,25)28-30(19,20)21/h2,4-5,8,16-17H,1H2,(H,12,33)(H,22,23)(H,24,25)(H2,19,20,21)(H3,11,13,14,18)/t2-,4?,5?,8-/m1/s1. The molecule has 10 N–H and O–H groups in total. The van der Waals surface area contributed by atoms with Crippen LogP contribution in [0.1, 0.15) is 6.23 Å². The first kappa shape index (κ1) is 26.3. The van der Waals surface area contributed by atoms with Crippen LogP contribution in [0.3, 0.4) is 0 Å². The number of hydrogen-bond acceptors (Lipinski definition) is 13. The Hall–Kier alpha value is -1.34. The zero-order valence-electron chi connectivity index (χ0n) is 15.7. The molecule has 1 aliphatic rings. The molecule has 186 valence electrons. The van der Waals surface area contributed by atoms with Crippen LogP contribution < -0.4 is 11.3 Å². The van der Waals surface area contributed by atoms with E-state index in [4.69, 9.17) is 37.4 Å². The van der Waals surface area contributed by atoms with Crippen molar-refractivity contribution in [1.82, 2.24) is 19.5 Å². The summed E-state index contributed by atoms with van der Waals surface area (Å²) in [6, 6.07) is 0. The average Bonchev–Trinajstić information content (AvgIpc) is 3.07. The number of nitrogens with zero attached hydrogens (tertiary/aromatic N) is 2. The SMILES string of the molecule is Nc1nc2c([nH]c(=S)n2[C@@H]2O[C@H](COP(=O)(O)OP(=O)(O)OP(=O)(O)O)C(O)C2O)c(=O)[nH]1. The smallest absolute Gasteiger partial charge is 0.387 e. The molecule has 0 bridgehead atoms. The first-order chi connectivity index (χ1) is 15.0. The van der Waals surface area contributed by atoms with Crippen molar-refractivity contribution in [3.63, 3.8) is 0 Å². The van der Waals surface area contributed by atoms with Crippen LogP contribution in [0.2, 0.25) is 0 Å². The maximum Gasteiger partial charge on any atom is 0.490 e. The highest BCUT2D eigenvalue weighted by Crippen LogP contribution is 2.66. The van der Waals surface area contributed by atoms with E-state index in [-0.39, 0.29) is 21.9 Å². The van der Waals surface area contributed by atoms with Gasteiger partial charge in [-0.25, -0.2) is 13.7 Å². The number of hydrogen-bond donors (Lipinski definition) is 9. The van der Waals surface area contributed by atoms with E-state index in [1.807, 2.05) is 0 Å². The number of ether oxygens (including phenoxy) is 1. The number of aliphatic hydroxyl groups is 2. The summed E-state index contributed by atoms with van der Waals surface area (Å²) >= 11 is 5.08. The van der Waals surface area contributed by atoms with Crippen molar-refractivity contribution in [1.29, 1.82) is 0 Å². The van der Waals surface area contributed by atoms with Crippen LogP contribution in [0, 0.1) is 4.77 Å². The monoisotopic (exact) mass is 555 g/mol. The van der Waals surface area contributed by atoms with E-state index in [0.717, 1.165) is 4.57 Å². The van der Waals surface area contributed by atoms with Gasteiger partial charge >= 0.3 is 23.5 Å². The van der Waals surface area contributed by atoms with Gasteiger partial charge < -0.3 is 45.2 Å². The van der Waals surface area contributed by atoms with Crippen molar-refractivity contribution in [3.05, 3.63) is 15.1 Å². The van der Waals surface area contributed by atoms with E-state index >= 15 is 0 Å². The number of aromatic nitrogens is 4. The number of imidazole rings is 1. The second-order valence-corrected chi connectivity index (χ2v) is 11.2. The lowest BCUT2D eigenvalue weighted by Crippen LogP contribution is -2.33. The fraction of sp³-hybridized carbons (Fsp3) is 0.500. The van der Waals surface area contributed by atoms with Gasteiger partial charge in [0.25, 0.3) is 5.56 Å². The van der Waals surface area contributed by atoms with Gasteiger partial charge in [0, 0.05) is 0 Å². The van der Waals surface area contributed by atoms with E-state index in [1.165, 1.54) is 0 Å². The highest BCUT2D eigenvalue weighted by atomic mass is 32.1. The maximum absolute atomic E-state index is 12.0. The van der Waals surface area contributed by atoms with Gasteiger partial charge in [0.15, 0.2) is 22.2 Å². The van der Waals surface area contributed by atoms with Crippen LogP contribution in [-0.2, 0) is 31.6 Å². The molecule has 0 saturated carbocycles. The minimum absolute atomic E-state index is 0.129. The fourth-order valence-corrected chi connectivity index (χ4v) is 6.14. The third kappa shape index (κ3) is 6.02. The molecular formula is C10H16N5O14P3S. The topological polar surface area (TPSA) is 302 Å². The van der Waals surface area contributed by atoms with Crippen molar-refractivity contribution in [2.24, 2.45) is 0 Å². The zero-order chi connectivity index (χ0) is 24.9. The normalized spacial score (nSPS) is 27.5. The Morgan fingerprint density at radius 1 is 1.09 bits per heavy atom. The van der Waals surface area contributed by atoms with E-state index in [2.05, 4.69) is 28.1 Å². The highest BCUT2D eigenvalue weighted by Gasteiger charge is 2.47. The van der Waals surface area contributed by atoms with Crippen molar-refractivity contribution in [3.8, 4) is 0 Å². The van der Waals surface area contributed by atoms with Crippen LogP contribution in [-0.4, -0.2) is 74.2 Å². The number of nitrogen functional groups attached to an aromatic ring is 1. The highest BCUT2D eigenvalue weighted by molar-refractivity contribution is 7.71. The van der Waals surface area contributed by atoms with Crippen molar-refractivity contribution < 1.29 is 61.4 Å². The van der Waals surface area contributed by atoms with Gasteiger partial charge in [-0.2, -0.15) is 13.6 Å². The van der Waals surface area contributed by atoms with E-state index in [9.17, 15) is 33.6 Å². The second kappa shape index (κ2) is 9.03. The quantitative estimate of drug-likeness (QED) is 0.130. The number of phosphoric acid groups is 3. The molecule has 2 aromatic rings. The Kier molecular flexibility index (Phi) is 7.19. The Balaban J connectivity index is 1.78. The number of aliphatic hydroxyl groups excluding tert-OH is 2. The molecule has 0 aliphatic carbocycles. The Labute approximate surface area is 186 Å². The number of aromatic amines is 2. The molecule has 4 unspecified atom stereocenters. The summed E-state index contributed by atoms with van der Waals surface area (Å²) in [5.41, 5.74) is 4.53. The van der Waals surface area contributed by atoms with E-state index in [1.54, 1.807) is 0 Å². The zero-order valence-corrected chi connectivity index (χ0v) is 19.2. The summed E-state index contributed by atoms with van der Waals surface area (Å²) < 4.78 is 51.6. The molecule has 0 aromatic carbocycles. The Bertz CT molecular complexity index is 1320. The van der Waals surface area contributed by atoms with Crippen LogP contribution in [0.5, 0.6) is 0 Å². The summed E-state index contributed by atoms with van der Waals surface area (Å²) in [5.74, 6) is -0.299. The van der Waals surface area contributed by atoms with Crippen LogP contribution >= 0.6 is 35.7 Å².